The van der Waals surface area contributed by atoms with E-state index in [0.717, 1.165) is 25.2 Å². The lowest BCUT2D eigenvalue weighted by Gasteiger charge is -2.20. The quantitative estimate of drug-likeness (QED) is 0.697. The third-order valence-corrected chi connectivity index (χ3v) is 4.15. The Morgan fingerprint density at radius 3 is 2.95 bits per heavy atom. The van der Waals surface area contributed by atoms with Crippen LogP contribution in [0.2, 0.25) is 0 Å². The van der Waals surface area contributed by atoms with Gasteiger partial charge in [-0.3, -0.25) is 0 Å². The van der Waals surface area contributed by atoms with Crippen molar-refractivity contribution < 1.29 is 0 Å². The highest BCUT2D eigenvalue weighted by Gasteiger charge is 2.21. The van der Waals surface area contributed by atoms with Crippen LogP contribution < -0.4 is 10.6 Å². The van der Waals surface area contributed by atoms with Gasteiger partial charge in [0.15, 0.2) is 0 Å². The van der Waals surface area contributed by atoms with Crippen molar-refractivity contribution >= 4 is 22.3 Å². The highest BCUT2D eigenvalue weighted by molar-refractivity contribution is 5.84. The first-order valence-electron chi connectivity index (χ1n) is 7.00. The summed E-state index contributed by atoms with van der Waals surface area (Å²) in [6, 6.07) is 14.7. The van der Waals surface area contributed by atoms with Crippen molar-refractivity contribution in [3.63, 3.8) is 0 Å². The van der Waals surface area contributed by atoms with Crippen LogP contribution in [0.1, 0.15) is 11.1 Å². The molecule has 0 unspecified atom stereocenters. The van der Waals surface area contributed by atoms with Gasteiger partial charge in [0.05, 0.1) is 11.4 Å². The van der Waals surface area contributed by atoms with Gasteiger partial charge in [0.2, 0.25) is 0 Å². The molecule has 20 heavy (non-hydrogen) atoms. The zero-order valence-electron chi connectivity index (χ0n) is 11.3. The zero-order valence-corrected chi connectivity index (χ0v) is 11.3. The number of aromatic amines is 1. The number of anilines is 2. The number of H-pyrrole nitrogens is 1. The molecule has 0 radical (unpaired) electrons. The van der Waals surface area contributed by atoms with E-state index in [1.165, 1.54) is 27.7 Å². The van der Waals surface area contributed by atoms with Gasteiger partial charge in [-0.15, -0.1) is 0 Å². The summed E-state index contributed by atoms with van der Waals surface area (Å²) in [5.74, 6) is 0. The van der Waals surface area contributed by atoms with Gasteiger partial charge in [-0.05, 0) is 29.7 Å². The number of aromatic nitrogens is 1. The summed E-state index contributed by atoms with van der Waals surface area (Å²) in [6.07, 6.45) is 3.20. The lowest BCUT2D eigenvalue weighted by atomic mass is 10.1. The second-order valence-corrected chi connectivity index (χ2v) is 5.39. The second-order valence-electron chi connectivity index (χ2n) is 5.39. The summed E-state index contributed by atoms with van der Waals surface area (Å²) in [5.41, 5.74) is 12.2. The van der Waals surface area contributed by atoms with E-state index in [1.54, 1.807) is 0 Å². The van der Waals surface area contributed by atoms with Gasteiger partial charge in [-0.2, -0.15) is 0 Å². The number of nitrogens with one attached hydrogen (secondary N) is 1. The van der Waals surface area contributed by atoms with Crippen LogP contribution in [0.4, 0.5) is 11.4 Å². The Hall–Kier alpha value is -2.42. The fraction of sp³-hybridized carbons (Fsp3) is 0.176. The highest BCUT2D eigenvalue weighted by Crippen LogP contribution is 2.35. The van der Waals surface area contributed by atoms with Crippen molar-refractivity contribution in [1.82, 2.24) is 4.98 Å². The smallest absolute Gasteiger partial charge is 0.0636 e. The van der Waals surface area contributed by atoms with Crippen LogP contribution >= 0.6 is 0 Å². The average molecular weight is 263 g/mol. The molecule has 1 aromatic heterocycles. The Bertz CT molecular complexity index is 773. The molecule has 1 aliphatic rings. The van der Waals surface area contributed by atoms with E-state index < -0.39 is 0 Å². The number of nitrogens with zero attached hydrogens (tertiary/aromatic N) is 1. The van der Waals surface area contributed by atoms with E-state index in [9.17, 15) is 0 Å². The number of hydrogen-bond donors (Lipinski definition) is 2. The summed E-state index contributed by atoms with van der Waals surface area (Å²) < 4.78 is 0. The third-order valence-electron chi connectivity index (χ3n) is 4.15. The van der Waals surface area contributed by atoms with Gasteiger partial charge in [0, 0.05) is 30.2 Å². The average Bonchev–Trinajstić information content (AvgIpc) is 3.06. The first kappa shape index (κ1) is 11.4. The Balaban J connectivity index is 1.72. The van der Waals surface area contributed by atoms with Crippen molar-refractivity contribution in [3.05, 3.63) is 59.8 Å². The van der Waals surface area contributed by atoms with Crippen molar-refractivity contribution in [1.29, 1.82) is 0 Å². The molecule has 3 aromatic rings. The predicted molar refractivity (Wildman–Crippen MR) is 83.9 cm³/mol. The fourth-order valence-corrected chi connectivity index (χ4v) is 3.19. The molecule has 0 bridgehead atoms. The van der Waals surface area contributed by atoms with Crippen molar-refractivity contribution in [2.75, 3.05) is 17.2 Å². The molecule has 100 valence electrons. The third kappa shape index (κ3) is 1.67. The van der Waals surface area contributed by atoms with Crippen LogP contribution in [0.5, 0.6) is 0 Å². The predicted octanol–water partition coefficient (Wildman–Crippen LogP) is 3.31. The molecule has 0 atom stereocenters. The molecule has 1 aliphatic heterocycles. The molecular weight excluding hydrogens is 246 g/mol. The van der Waals surface area contributed by atoms with Crippen LogP contribution in [0, 0.1) is 0 Å². The standard InChI is InChI=1S/C17H17N3/c18-15-6-3-4-12-8-9-20(17(12)15)11-13-10-19-16-7-2-1-5-14(13)16/h1-7,10,19H,8-9,11,18H2. The summed E-state index contributed by atoms with van der Waals surface area (Å²) >= 11 is 0. The van der Waals surface area contributed by atoms with Crippen LogP contribution in [-0.4, -0.2) is 11.5 Å². The molecule has 2 heterocycles. The first-order valence-corrected chi connectivity index (χ1v) is 7.00. The Labute approximate surface area is 118 Å². The van der Waals surface area contributed by atoms with E-state index in [4.69, 9.17) is 5.73 Å². The molecule has 0 amide bonds. The Morgan fingerprint density at radius 2 is 2.00 bits per heavy atom. The number of hydrogen-bond acceptors (Lipinski definition) is 2. The lowest BCUT2D eigenvalue weighted by Crippen LogP contribution is -2.20. The highest BCUT2D eigenvalue weighted by atomic mass is 15.2. The van der Waals surface area contributed by atoms with E-state index in [1.807, 2.05) is 12.1 Å². The molecular formula is C17H17N3. The largest absolute Gasteiger partial charge is 0.397 e. The molecule has 0 aliphatic carbocycles. The van der Waals surface area contributed by atoms with E-state index in [-0.39, 0.29) is 0 Å². The molecule has 3 heteroatoms. The number of benzene rings is 2. The topological polar surface area (TPSA) is 45.0 Å². The number of nitrogen functional groups attached to an aromatic ring is 1. The second kappa shape index (κ2) is 4.30. The monoisotopic (exact) mass is 263 g/mol. The van der Waals surface area contributed by atoms with Gasteiger partial charge < -0.3 is 15.6 Å². The van der Waals surface area contributed by atoms with Crippen molar-refractivity contribution in [3.8, 4) is 0 Å². The Morgan fingerprint density at radius 1 is 1.10 bits per heavy atom. The summed E-state index contributed by atoms with van der Waals surface area (Å²) in [4.78, 5) is 5.73. The molecule has 0 spiro atoms. The maximum absolute atomic E-state index is 6.15. The number of para-hydroxylation sites is 2. The molecule has 0 saturated carbocycles. The van der Waals surface area contributed by atoms with Crippen LogP contribution in [0.15, 0.2) is 48.7 Å². The minimum Gasteiger partial charge on any atom is -0.397 e. The maximum Gasteiger partial charge on any atom is 0.0636 e. The maximum atomic E-state index is 6.15. The van der Waals surface area contributed by atoms with E-state index in [0.29, 0.717) is 0 Å². The van der Waals surface area contributed by atoms with Crippen LogP contribution in [0.25, 0.3) is 10.9 Å². The Kier molecular flexibility index (Phi) is 2.46. The number of fused-ring (bicyclic) bond motifs is 2. The number of nitrogens with two attached hydrogens (primary N) is 1. The van der Waals surface area contributed by atoms with Gasteiger partial charge in [0.25, 0.3) is 0 Å². The molecule has 2 aromatic carbocycles. The molecule has 0 fully saturated rings. The van der Waals surface area contributed by atoms with Gasteiger partial charge >= 0.3 is 0 Å². The van der Waals surface area contributed by atoms with Crippen LogP contribution in [-0.2, 0) is 13.0 Å². The number of rotatable bonds is 2. The molecule has 3 nitrogen and oxygen atoms in total. The van der Waals surface area contributed by atoms with Gasteiger partial charge in [0.1, 0.15) is 0 Å². The van der Waals surface area contributed by atoms with Crippen LogP contribution in [0.3, 0.4) is 0 Å². The van der Waals surface area contributed by atoms with Gasteiger partial charge in [-0.1, -0.05) is 30.3 Å². The van der Waals surface area contributed by atoms with Crippen molar-refractivity contribution in [2.24, 2.45) is 0 Å². The first-order chi connectivity index (χ1) is 9.83. The fourth-order valence-electron chi connectivity index (χ4n) is 3.19. The summed E-state index contributed by atoms with van der Waals surface area (Å²) in [6.45, 7) is 1.95. The van der Waals surface area contributed by atoms with E-state index >= 15 is 0 Å². The molecule has 4 rings (SSSR count). The zero-order chi connectivity index (χ0) is 13.5. The summed E-state index contributed by atoms with van der Waals surface area (Å²) in [7, 11) is 0. The van der Waals surface area contributed by atoms with Gasteiger partial charge in [-0.25, -0.2) is 0 Å². The minimum absolute atomic E-state index is 0.889. The normalized spacial score (nSPS) is 13.9. The summed E-state index contributed by atoms with van der Waals surface area (Å²) in [5, 5.41) is 1.30. The SMILES string of the molecule is Nc1cccc2c1N(Cc1c[nH]c3ccccc13)CC2. The van der Waals surface area contributed by atoms with E-state index in [2.05, 4.69) is 46.4 Å². The van der Waals surface area contributed by atoms with Crippen molar-refractivity contribution in [2.45, 2.75) is 13.0 Å². The molecule has 3 N–H and O–H groups in total. The minimum atomic E-state index is 0.889. The molecule has 0 saturated heterocycles. The lowest BCUT2D eigenvalue weighted by molar-refractivity contribution is 0.841.